The molecular weight excluding hydrogens is 240 g/mol. The zero-order chi connectivity index (χ0) is 13.2. The number of H-pyrrole nitrogens is 1. The van der Waals surface area contributed by atoms with Gasteiger partial charge >= 0.3 is 0 Å². The zero-order valence-electron chi connectivity index (χ0n) is 10.3. The van der Waals surface area contributed by atoms with Crippen molar-refractivity contribution < 1.29 is 9.84 Å². The van der Waals surface area contributed by atoms with E-state index in [1.165, 1.54) is 0 Å². The van der Waals surface area contributed by atoms with Crippen LogP contribution in [0, 0.1) is 0 Å². The van der Waals surface area contributed by atoms with E-state index in [1.54, 1.807) is 24.3 Å². The first kappa shape index (κ1) is 11.5. The number of nitrogens with one attached hydrogen (secondary N) is 1. The third-order valence-electron chi connectivity index (χ3n) is 3.03. The summed E-state index contributed by atoms with van der Waals surface area (Å²) in [4.78, 5) is 3.17. The summed E-state index contributed by atoms with van der Waals surface area (Å²) in [6, 6.07) is 12.5. The van der Waals surface area contributed by atoms with E-state index >= 15 is 0 Å². The minimum absolute atomic E-state index is 0.191. The Hall–Kier alpha value is -2.62. The molecule has 0 atom stereocenters. The molecule has 1 heterocycles. The molecule has 0 amide bonds. The molecule has 0 aliphatic heterocycles. The summed E-state index contributed by atoms with van der Waals surface area (Å²) in [5, 5.41) is 10.4. The van der Waals surface area contributed by atoms with Crippen molar-refractivity contribution in [3.8, 4) is 11.5 Å². The lowest BCUT2D eigenvalue weighted by atomic mass is 10.1. The third kappa shape index (κ3) is 2.20. The van der Waals surface area contributed by atoms with Gasteiger partial charge < -0.3 is 20.6 Å². The molecule has 96 valence electrons. The Morgan fingerprint density at radius 2 is 2.00 bits per heavy atom. The summed E-state index contributed by atoms with van der Waals surface area (Å²) in [5.41, 5.74) is 8.70. The van der Waals surface area contributed by atoms with Gasteiger partial charge in [0.2, 0.25) is 0 Å². The van der Waals surface area contributed by atoms with Gasteiger partial charge in [0.25, 0.3) is 0 Å². The molecule has 19 heavy (non-hydrogen) atoms. The number of nitrogens with two attached hydrogens (primary N) is 1. The Labute approximate surface area is 110 Å². The van der Waals surface area contributed by atoms with Gasteiger partial charge in [0.15, 0.2) is 0 Å². The van der Waals surface area contributed by atoms with E-state index in [2.05, 4.69) is 4.98 Å². The van der Waals surface area contributed by atoms with Gasteiger partial charge in [0.1, 0.15) is 18.1 Å². The Bertz CT molecular complexity index is 719. The van der Waals surface area contributed by atoms with Gasteiger partial charge in [0, 0.05) is 34.4 Å². The van der Waals surface area contributed by atoms with Crippen LogP contribution in [0.3, 0.4) is 0 Å². The summed E-state index contributed by atoms with van der Waals surface area (Å²) >= 11 is 0. The van der Waals surface area contributed by atoms with Gasteiger partial charge in [-0.15, -0.1) is 0 Å². The molecule has 0 fully saturated rings. The SMILES string of the molecule is Nc1cccc2[nH]cc(COc3cccc(O)c3)c12. The van der Waals surface area contributed by atoms with E-state index in [0.29, 0.717) is 12.4 Å². The molecule has 0 aliphatic rings. The number of rotatable bonds is 3. The molecule has 0 bridgehead atoms. The van der Waals surface area contributed by atoms with E-state index in [1.807, 2.05) is 24.4 Å². The number of aromatic hydroxyl groups is 1. The highest BCUT2D eigenvalue weighted by molar-refractivity contribution is 5.93. The highest BCUT2D eigenvalue weighted by Gasteiger charge is 2.07. The van der Waals surface area contributed by atoms with Crippen LogP contribution in [0.15, 0.2) is 48.7 Å². The average molecular weight is 254 g/mol. The van der Waals surface area contributed by atoms with Gasteiger partial charge in [-0.2, -0.15) is 0 Å². The molecule has 0 radical (unpaired) electrons. The lowest BCUT2D eigenvalue weighted by molar-refractivity contribution is 0.306. The van der Waals surface area contributed by atoms with Gasteiger partial charge in [-0.1, -0.05) is 12.1 Å². The Morgan fingerprint density at radius 3 is 2.84 bits per heavy atom. The number of anilines is 1. The van der Waals surface area contributed by atoms with Crippen LogP contribution >= 0.6 is 0 Å². The van der Waals surface area contributed by atoms with E-state index in [9.17, 15) is 5.11 Å². The summed E-state index contributed by atoms with van der Waals surface area (Å²) in [5.74, 6) is 0.819. The minimum atomic E-state index is 0.191. The van der Waals surface area contributed by atoms with Crippen LogP contribution in [-0.4, -0.2) is 10.1 Å². The van der Waals surface area contributed by atoms with Crippen molar-refractivity contribution in [2.75, 3.05) is 5.73 Å². The monoisotopic (exact) mass is 254 g/mol. The average Bonchev–Trinajstić information content (AvgIpc) is 2.81. The smallest absolute Gasteiger partial charge is 0.123 e. The van der Waals surface area contributed by atoms with E-state index in [4.69, 9.17) is 10.5 Å². The number of nitrogen functional groups attached to an aromatic ring is 1. The first-order valence-corrected chi connectivity index (χ1v) is 6.00. The molecule has 0 saturated heterocycles. The first-order chi connectivity index (χ1) is 9.24. The van der Waals surface area contributed by atoms with Crippen molar-refractivity contribution >= 4 is 16.6 Å². The summed E-state index contributed by atoms with van der Waals surface area (Å²) in [6.45, 7) is 0.400. The largest absolute Gasteiger partial charge is 0.508 e. The summed E-state index contributed by atoms with van der Waals surface area (Å²) < 4.78 is 5.66. The van der Waals surface area contributed by atoms with Crippen LogP contribution in [0.1, 0.15) is 5.56 Å². The molecule has 3 aromatic rings. The minimum Gasteiger partial charge on any atom is -0.508 e. The van der Waals surface area contributed by atoms with Crippen LogP contribution in [-0.2, 0) is 6.61 Å². The Balaban J connectivity index is 1.86. The second kappa shape index (κ2) is 4.57. The van der Waals surface area contributed by atoms with E-state index < -0.39 is 0 Å². The number of phenols is 1. The quantitative estimate of drug-likeness (QED) is 0.629. The molecule has 0 saturated carbocycles. The molecule has 3 rings (SSSR count). The molecule has 0 spiro atoms. The standard InChI is InChI=1S/C15H14N2O2/c16-13-5-2-6-14-15(13)10(8-17-14)9-19-12-4-1-3-11(18)7-12/h1-8,17-18H,9,16H2. The third-order valence-corrected chi connectivity index (χ3v) is 3.03. The number of ether oxygens (including phenoxy) is 1. The number of fused-ring (bicyclic) bond motifs is 1. The zero-order valence-corrected chi connectivity index (χ0v) is 10.3. The second-order valence-electron chi connectivity index (χ2n) is 4.37. The lowest BCUT2D eigenvalue weighted by Gasteiger charge is -2.06. The highest BCUT2D eigenvalue weighted by atomic mass is 16.5. The molecule has 0 aliphatic carbocycles. The van der Waals surface area contributed by atoms with Gasteiger partial charge in [-0.05, 0) is 24.3 Å². The molecule has 4 nitrogen and oxygen atoms in total. The fourth-order valence-electron chi connectivity index (χ4n) is 2.13. The van der Waals surface area contributed by atoms with Crippen molar-refractivity contribution in [1.29, 1.82) is 0 Å². The Morgan fingerprint density at radius 1 is 1.16 bits per heavy atom. The number of benzene rings is 2. The number of aromatic amines is 1. The lowest BCUT2D eigenvalue weighted by Crippen LogP contribution is -1.95. The normalized spacial score (nSPS) is 10.7. The first-order valence-electron chi connectivity index (χ1n) is 6.00. The molecule has 1 aromatic heterocycles. The van der Waals surface area contributed by atoms with Crippen molar-refractivity contribution in [3.63, 3.8) is 0 Å². The van der Waals surface area contributed by atoms with E-state index in [0.717, 1.165) is 22.2 Å². The van der Waals surface area contributed by atoms with Crippen LogP contribution in [0.5, 0.6) is 11.5 Å². The molecule has 2 aromatic carbocycles. The molecule has 4 N–H and O–H groups in total. The molecular formula is C15H14N2O2. The van der Waals surface area contributed by atoms with E-state index in [-0.39, 0.29) is 5.75 Å². The van der Waals surface area contributed by atoms with Crippen molar-refractivity contribution in [2.24, 2.45) is 0 Å². The predicted molar refractivity (Wildman–Crippen MR) is 75.1 cm³/mol. The Kier molecular flexibility index (Phi) is 2.76. The van der Waals surface area contributed by atoms with Gasteiger partial charge in [0.05, 0.1) is 0 Å². The summed E-state index contributed by atoms with van der Waals surface area (Å²) in [7, 11) is 0. The van der Waals surface area contributed by atoms with Crippen LogP contribution < -0.4 is 10.5 Å². The fraction of sp³-hybridized carbons (Fsp3) is 0.0667. The van der Waals surface area contributed by atoms with Gasteiger partial charge in [-0.3, -0.25) is 0 Å². The van der Waals surface area contributed by atoms with Crippen LogP contribution in [0.2, 0.25) is 0 Å². The highest BCUT2D eigenvalue weighted by Crippen LogP contribution is 2.26. The van der Waals surface area contributed by atoms with Gasteiger partial charge in [-0.25, -0.2) is 0 Å². The van der Waals surface area contributed by atoms with Crippen molar-refractivity contribution in [2.45, 2.75) is 6.61 Å². The maximum Gasteiger partial charge on any atom is 0.123 e. The maximum absolute atomic E-state index is 9.38. The van der Waals surface area contributed by atoms with Crippen molar-refractivity contribution in [1.82, 2.24) is 4.98 Å². The second-order valence-corrected chi connectivity index (χ2v) is 4.37. The summed E-state index contributed by atoms with van der Waals surface area (Å²) in [6.07, 6.45) is 1.89. The number of aromatic nitrogens is 1. The topological polar surface area (TPSA) is 71.3 Å². The number of hydrogen-bond acceptors (Lipinski definition) is 3. The number of hydrogen-bond donors (Lipinski definition) is 3. The predicted octanol–water partition coefficient (Wildman–Crippen LogP) is 3.03. The molecule has 4 heteroatoms. The van der Waals surface area contributed by atoms with Crippen LogP contribution in [0.4, 0.5) is 5.69 Å². The number of phenolic OH excluding ortho intramolecular Hbond substituents is 1. The fourth-order valence-corrected chi connectivity index (χ4v) is 2.13. The maximum atomic E-state index is 9.38. The van der Waals surface area contributed by atoms with Crippen LogP contribution in [0.25, 0.3) is 10.9 Å². The molecule has 0 unspecified atom stereocenters. The van der Waals surface area contributed by atoms with Crippen molar-refractivity contribution in [3.05, 3.63) is 54.2 Å².